The smallest absolute Gasteiger partial charge is 0.175 e. The maximum absolute atomic E-state index is 11.8. The number of aryl methyl sites for hydroxylation is 2. The van der Waals surface area contributed by atoms with Gasteiger partial charge in [0.05, 0.1) is 15.9 Å². The molecule has 0 aliphatic carbocycles. The molecule has 2 fully saturated rings. The van der Waals surface area contributed by atoms with Gasteiger partial charge < -0.3 is 14.4 Å². The minimum atomic E-state index is -3.21. The summed E-state index contributed by atoms with van der Waals surface area (Å²) in [5, 5.41) is 0. The van der Waals surface area contributed by atoms with Crippen LogP contribution in [0.2, 0.25) is 0 Å². The molecule has 2 aliphatic rings. The summed E-state index contributed by atoms with van der Waals surface area (Å²) in [7, 11) is -1.14. The van der Waals surface area contributed by atoms with Crippen molar-refractivity contribution in [1.82, 2.24) is 19.4 Å². The second kappa shape index (κ2) is 9.92. The molecular formula is C29H40N4O2S. The Morgan fingerprint density at radius 3 is 2.14 bits per heavy atom. The van der Waals surface area contributed by atoms with Gasteiger partial charge in [-0.2, -0.15) is 0 Å². The molecule has 1 aromatic heterocycles. The Morgan fingerprint density at radius 1 is 0.917 bits per heavy atom. The zero-order valence-corrected chi connectivity index (χ0v) is 23.2. The third kappa shape index (κ3) is 4.85. The van der Waals surface area contributed by atoms with E-state index < -0.39 is 9.84 Å². The Hall–Kier alpha value is -2.22. The SMILES string of the molecule is Cc1c(C2CCN(C3CCN(C(C)C)CC3)CC2)ccc2nc(-c3ccc(S(C)(=O)=O)cc3)n(C)c12. The highest BCUT2D eigenvalue weighted by Crippen LogP contribution is 2.36. The first-order valence-electron chi connectivity index (χ1n) is 13.4. The van der Waals surface area contributed by atoms with Gasteiger partial charge in [-0.1, -0.05) is 6.07 Å². The molecule has 0 amide bonds. The van der Waals surface area contributed by atoms with Crippen LogP contribution in [0.5, 0.6) is 0 Å². The molecular weight excluding hydrogens is 468 g/mol. The van der Waals surface area contributed by atoms with Crippen molar-refractivity contribution in [3.8, 4) is 11.4 Å². The molecule has 7 heteroatoms. The molecule has 2 aromatic carbocycles. The van der Waals surface area contributed by atoms with E-state index in [4.69, 9.17) is 4.98 Å². The van der Waals surface area contributed by atoms with E-state index in [1.807, 2.05) is 12.1 Å². The Kier molecular flexibility index (Phi) is 7.01. The topological polar surface area (TPSA) is 58.4 Å². The highest BCUT2D eigenvalue weighted by Gasteiger charge is 2.30. The van der Waals surface area contributed by atoms with Gasteiger partial charge in [-0.25, -0.2) is 13.4 Å². The van der Waals surface area contributed by atoms with Gasteiger partial charge in [0.2, 0.25) is 0 Å². The quantitative estimate of drug-likeness (QED) is 0.485. The summed E-state index contributed by atoms with van der Waals surface area (Å²) < 4.78 is 25.9. The van der Waals surface area contributed by atoms with Crippen LogP contribution in [0.15, 0.2) is 41.3 Å². The van der Waals surface area contributed by atoms with Crippen molar-refractivity contribution >= 4 is 20.9 Å². The standard InChI is InChI=1S/C29H40N4O2S/c1-20(2)32-18-14-24(15-19-32)33-16-12-22(13-17-33)26-10-11-27-28(21(26)3)31(4)29(30-27)23-6-8-25(9-7-23)36(5,34)35/h6-11,20,22,24H,12-19H2,1-5H3. The highest BCUT2D eigenvalue weighted by atomic mass is 32.2. The first-order chi connectivity index (χ1) is 17.1. The van der Waals surface area contributed by atoms with Crippen molar-refractivity contribution in [2.75, 3.05) is 32.4 Å². The molecule has 5 rings (SSSR count). The van der Waals surface area contributed by atoms with Crippen LogP contribution in [-0.2, 0) is 16.9 Å². The summed E-state index contributed by atoms with van der Waals surface area (Å²) in [5.41, 5.74) is 5.89. The molecule has 6 nitrogen and oxygen atoms in total. The van der Waals surface area contributed by atoms with Gasteiger partial charge in [-0.3, -0.25) is 0 Å². The van der Waals surface area contributed by atoms with Crippen LogP contribution >= 0.6 is 0 Å². The molecule has 0 N–H and O–H groups in total. The molecule has 0 unspecified atom stereocenters. The van der Waals surface area contributed by atoms with Crippen LogP contribution in [0, 0.1) is 6.92 Å². The maximum atomic E-state index is 11.8. The summed E-state index contributed by atoms with van der Waals surface area (Å²) >= 11 is 0. The zero-order valence-electron chi connectivity index (χ0n) is 22.4. The molecule has 3 aromatic rings. The van der Waals surface area contributed by atoms with E-state index in [1.165, 1.54) is 74.8 Å². The number of rotatable bonds is 5. The number of sulfone groups is 1. The van der Waals surface area contributed by atoms with Gasteiger partial charge in [0.15, 0.2) is 9.84 Å². The fraction of sp³-hybridized carbons (Fsp3) is 0.552. The number of hydrogen-bond donors (Lipinski definition) is 0. The van der Waals surface area contributed by atoms with E-state index in [1.54, 1.807) is 12.1 Å². The van der Waals surface area contributed by atoms with Crippen molar-refractivity contribution in [2.45, 2.75) is 69.4 Å². The van der Waals surface area contributed by atoms with Crippen molar-refractivity contribution in [1.29, 1.82) is 0 Å². The lowest BCUT2D eigenvalue weighted by Gasteiger charge is -2.43. The minimum Gasteiger partial charge on any atom is -0.327 e. The van der Waals surface area contributed by atoms with E-state index in [0.717, 1.165) is 22.9 Å². The Morgan fingerprint density at radius 2 is 1.56 bits per heavy atom. The molecule has 36 heavy (non-hydrogen) atoms. The summed E-state index contributed by atoms with van der Waals surface area (Å²) in [6, 6.07) is 12.9. The lowest BCUT2D eigenvalue weighted by atomic mass is 9.85. The zero-order chi connectivity index (χ0) is 25.6. The first kappa shape index (κ1) is 25.4. The average Bonchev–Trinajstić information content (AvgIpc) is 3.21. The number of benzene rings is 2. The normalized spacial score (nSPS) is 19.5. The predicted molar refractivity (Wildman–Crippen MR) is 147 cm³/mol. The number of aromatic nitrogens is 2. The van der Waals surface area contributed by atoms with E-state index in [0.29, 0.717) is 16.9 Å². The highest BCUT2D eigenvalue weighted by molar-refractivity contribution is 7.90. The van der Waals surface area contributed by atoms with Crippen LogP contribution < -0.4 is 0 Å². The lowest BCUT2D eigenvalue weighted by molar-refractivity contribution is 0.0753. The van der Waals surface area contributed by atoms with Gasteiger partial charge in [-0.15, -0.1) is 0 Å². The van der Waals surface area contributed by atoms with E-state index in [9.17, 15) is 8.42 Å². The molecule has 0 atom stereocenters. The first-order valence-corrected chi connectivity index (χ1v) is 15.3. The average molecular weight is 509 g/mol. The van der Waals surface area contributed by atoms with Gasteiger partial charge in [0, 0.05) is 31.0 Å². The van der Waals surface area contributed by atoms with Gasteiger partial charge in [-0.05, 0) is 120 Å². The van der Waals surface area contributed by atoms with E-state index in [-0.39, 0.29) is 0 Å². The summed E-state index contributed by atoms with van der Waals surface area (Å²) in [4.78, 5) is 10.6. The Labute approximate surface area is 216 Å². The number of imidazole rings is 1. The van der Waals surface area contributed by atoms with Gasteiger partial charge in [0.25, 0.3) is 0 Å². The molecule has 3 heterocycles. The summed E-state index contributed by atoms with van der Waals surface area (Å²) in [6.07, 6.45) is 6.28. The van der Waals surface area contributed by atoms with Crippen molar-refractivity contribution in [3.63, 3.8) is 0 Å². The molecule has 2 aliphatic heterocycles. The van der Waals surface area contributed by atoms with Crippen LogP contribution in [0.25, 0.3) is 22.4 Å². The number of piperidine rings is 2. The molecule has 0 spiro atoms. The fourth-order valence-corrected chi connectivity index (χ4v) is 7.04. The van der Waals surface area contributed by atoms with Gasteiger partial charge >= 0.3 is 0 Å². The summed E-state index contributed by atoms with van der Waals surface area (Å²) in [5.74, 6) is 1.46. The number of fused-ring (bicyclic) bond motifs is 1. The molecule has 0 saturated carbocycles. The number of nitrogens with zero attached hydrogens (tertiary/aromatic N) is 4. The van der Waals surface area contributed by atoms with E-state index in [2.05, 4.69) is 54.3 Å². The third-order valence-electron chi connectivity index (χ3n) is 8.59. The number of hydrogen-bond acceptors (Lipinski definition) is 5. The molecule has 194 valence electrons. The minimum absolute atomic E-state index is 0.334. The third-order valence-corrected chi connectivity index (χ3v) is 9.72. The predicted octanol–water partition coefficient (Wildman–Crippen LogP) is 5.00. The van der Waals surface area contributed by atoms with Crippen molar-refractivity contribution in [3.05, 3.63) is 47.5 Å². The van der Waals surface area contributed by atoms with Crippen LogP contribution in [0.1, 0.15) is 56.6 Å². The maximum Gasteiger partial charge on any atom is 0.175 e. The summed E-state index contributed by atoms with van der Waals surface area (Å²) in [6.45, 7) is 11.7. The van der Waals surface area contributed by atoms with Crippen LogP contribution in [-0.4, -0.2) is 72.3 Å². The van der Waals surface area contributed by atoms with Crippen LogP contribution in [0.4, 0.5) is 0 Å². The monoisotopic (exact) mass is 508 g/mol. The second-order valence-electron chi connectivity index (χ2n) is 11.1. The molecule has 2 saturated heterocycles. The van der Waals surface area contributed by atoms with Gasteiger partial charge in [0.1, 0.15) is 5.82 Å². The Balaban J connectivity index is 1.32. The molecule has 0 radical (unpaired) electrons. The van der Waals surface area contributed by atoms with E-state index >= 15 is 0 Å². The van der Waals surface area contributed by atoms with Crippen LogP contribution in [0.3, 0.4) is 0 Å². The number of likely N-dealkylation sites (tertiary alicyclic amines) is 2. The Bertz CT molecular complexity index is 1330. The fourth-order valence-electron chi connectivity index (χ4n) is 6.40. The second-order valence-corrected chi connectivity index (χ2v) is 13.1. The lowest BCUT2D eigenvalue weighted by Crippen LogP contribution is -2.48. The van der Waals surface area contributed by atoms with Crippen molar-refractivity contribution < 1.29 is 8.42 Å². The van der Waals surface area contributed by atoms with Crippen molar-refractivity contribution in [2.24, 2.45) is 7.05 Å². The molecule has 0 bridgehead atoms. The largest absolute Gasteiger partial charge is 0.327 e.